The monoisotopic (exact) mass is 384 g/mol. The predicted molar refractivity (Wildman–Crippen MR) is 93.2 cm³/mol. The van der Waals surface area contributed by atoms with Crippen LogP contribution >= 0.6 is 11.3 Å². The van der Waals surface area contributed by atoms with Crippen molar-refractivity contribution in [2.24, 2.45) is 0 Å². The average molecular weight is 384 g/mol. The summed E-state index contributed by atoms with van der Waals surface area (Å²) in [6, 6.07) is 8.26. The number of nitrogens with one attached hydrogen (secondary N) is 1. The number of carbonyl (C=O) groups excluding carboxylic acids is 1. The topological polar surface area (TPSA) is 41.6 Å². The number of halogens is 3. The Morgan fingerprint density at radius 3 is 2.46 bits per heavy atom. The molecule has 0 radical (unpaired) electrons. The van der Waals surface area contributed by atoms with Gasteiger partial charge >= 0.3 is 6.18 Å². The summed E-state index contributed by atoms with van der Waals surface area (Å²) in [7, 11) is 0. The van der Waals surface area contributed by atoms with Crippen LogP contribution < -0.4 is 5.32 Å². The quantitative estimate of drug-likeness (QED) is 0.857. The molecule has 3 rings (SSSR count). The number of carbonyl (C=O) groups is 1. The van der Waals surface area contributed by atoms with Crippen molar-refractivity contribution in [3.8, 4) is 0 Å². The second-order valence-corrected chi connectivity index (χ2v) is 6.94. The van der Waals surface area contributed by atoms with E-state index in [-0.39, 0.29) is 17.5 Å². The first-order chi connectivity index (χ1) is 12.4. The van der Waals surface area contributed by atoms with Crippen molar-refractivity contribution in [3.05, 3.63) is 57.8 Å². The van der Waals surface area contributed by atoms with Gasteiger partial charge in [-0.2, -0.15) is 13.2 Å². The van der Waals surface area contributed by atoms with Crippen LogP contribution in [0, 0.1) is 0 Å². The van der Waals surface area contributed by atoms with Crippen LogP contribution in [0.4, 0.5) is 13.2 Å². The SMILES string of the molecule is O=C(NC[C@@H](c1cccs1)N1CCOCC1)c1ccc(C(F)(F)F)cc1. The van der Waals surface area contributed by atoms with Crippen LogP contribution in [-0.2, 0) is 10.9 Å². The van der Waals surface area contributed by atoms with E-state index in [9.17, 15) is 18.0 Å². The molecule has 4 nitrogen and oxygen atoms in total. The summed E-state index contributed by atoms with van der Waals surface area (Å²) < 4.78 is 43.3. The highest BCUT2D eigenvalue weighted by molar-refractivity contribution is 7.10. The molecular weight excluding hydrogens is 365 g/mol. The van der Waals surface area contributed by atoms with Crippen LogP contribution in [0.3, 0.4) is 0 Å². The minimum atomic E-state index is -4.41. The molecule has 2 aromatic rings. The van der Waals surface area contributed by atoms with Gasteiger partial charge in [-0.05, 0) is 35.7 Å². The molecule has 26 heavy (non-hydrogen) atoms. The first kappa shape index (κ1) is 18.9. The summed E-state index contributed by atoms with van der Waals surface area (Å²) >= 11 is 1.62. The minimum absolute atomic E-state index is 0.0253. The molecule has 1 amide bonds. The molecule has 1 aromatic carbocycles. The summed E-state index contributed by atoms with van der Waals surface area (Å²) in [5.74, 6) is -0.381. The highest BCUT2D eigenvalue weighted by Crippen LogP contribution is 2.29. The molecular formula is C18H19F3N2O2S. The van der Waals surface area contributed by atoms with E-state index in [2.05, 4.69) is 10.2 Å². The van der Waals surface area contributed by atoms with Crippen molar-refractivity contribution >= 4 is 17.2 Å². The lowest BCUT2D eigenvalue weighted by molar-refractivity contribution is -0.137. The normalized spacial score (nSPS) is 17.0. The number of benzene rings is 1. The van der Waals surface area contributed by atoms with Crippen LogP contribution in [0.2, 0.25) is 0 Å². The van der Waals surface area contributed by atoms with Gasteiger partial charge in [0.05, 0.1) is 24.8 Å². The molecule has 0 spiro atoms. The summed E-state index contributed by atoms with van der Waals surface area (Å²) in [6.45, 7) is 3.24. The smallest absolute Gasteiger partial charge is 0.379 e. The first-order valence-corrected chi connectivity index (χ1v) is 9.14. The van der Waals surface area contributed by atoms with Gasteiger partial charge in [0.2, 0.25) is 0 Å². The van der Waals surface area contributed by atoms with Crippen LogP contribution in [0.15, 0.2) is 41.8 Å². The van der Waals surface area contributed by atoms with Crippen molar-refractivity contribution in [2.45, 2.75) is 12.2 Å². The Bertz CT molecular complexity index is 711. The number of ether oxygens (including phenoxy) is 1. The molecule has 0 bridgehead atoms. The van der Waals surface area contributed by atoms with Gasteiger partial charge < -0.3 is 10.1 Å². The third-order valence-corrected chi connectivity index (χ3v) is 5.26. The van der Waals surface area contributed by atoms with Gasteiger partial charge in [-0.3, -0.25) is 9.69 Å². The maximum Gasteiger partial charge on any atom is 0.416 e. The molecule has 1 aromatic heterocycles. The van der Waals surface area contributed by atoms with Crippen molar-refractivity contribution in [2.75, 3.05) is 32.8 Å². The summed E-state index contributed by atoms with van der Waals surface area (Å²) in [5.41, 5.74) is -0.552. The fourth-order valence-corrected chi connectivity index (χ4v) is 3.74. The molecule has 140 valence electrons. The Morgan fingerprint density at radius 1 is 1.19 bits per heavy atom. The number of amides is 1. The van der Waals surface area contributed by atoms with E-state index in [1.807, 2.05) is 17.5 Å². The molecule has 0 aliphatic carbocycles. The number of thiophene rings is 1. The Kier molecular flexibility index (Phi) is 5.95. The second-order valence-electron chi connectivity index (χ2n) is 5.96. The molecule has 0 unspecified atom stereocenters. The number of alkyl halides is 3. The van der Waals surface area contributed by atoms with Crippen molar-refractivity contribution in [1.29, 1.82) is 0 Å². The van der Waals surface area contributed by atoms with E-state index >= 15 is 0 Å². The van der Waals surface area contributed by atoms with E-state index in [0.29, 0.717) is 19.8 Å². The first-order valence-electron chi connectivity index (χ1n) is 8.26. The zero-order valence-corrected chi connectivity index (χ0v) is 14.8. The van der Waals surface area contributed by atoms with Gasteiger partial charge in [0.1, 0.15) is 0 Å². The fraction of sp³-hybridized carbons (Fsp3) is 0.389. The maximum absolute atomic E-state index is 12.6. The lowest BCUT2D eigenvalue weighted by Crippen LogP contribution is -2.43. The lowest BCUT2D eigenvalue weighted by atomic mass is 10.1. The van der Waals surface area contributed by atoms with Gasteiger partial charge in [0, 0.05) is 30.1 Å². The van der Waals surface area contributed by atoms with E-state index in [1.165, 1.54) is 12.1 Å². The van der Waals surface area contributed by atoms with Crippen LogP contribution in [-0.4, -0.2) is 43.7 Å². The number of nitrogens with zero attached hydrogens (tertiary/aromatic N) is 1. The summed E-state index contributed by atoms with van der Waals surface area (Å²) in [4.78, 5) is 15.7. The molecule has 1 saturated heterocycles. The molecule has 1 fully saturated rings. The molecule has 0 saturated carbocycles. The maximum atomic E-state index is 12.6. The van der Waals surface area contributed by atoms with Gasteiger partial charge in [0.25, 0.3) is 5.91 Å². The highest BCUT2D eigenvalue weighted by atomic mass is 32.1. The van der Waals surface area contributed by atoms with Gasteiger partial charge in [-0.15, -0.1) is 11.3 Å². The van der Waals surface area contributed by atoms with Crippen molar-refractivity contribution < 1.29 is 22.7 Å². The van der Waals surface area contributed by atoms with Crippen molar-refractivity contribution in [1.82, 2.24) is 10.2 Å². The van der Waals surface area contributed by atoms with Gasteiger partial charge in [-0.25, -0.2) is 0 Å². The molecule has 1 aliphatic rings. The van der Waals surface area contributed by atoms with Crippen LogP contribution in [0.25, 0.3) is 0 Å². The third kappa shape index (κ3) is 4.63. The molecule has 8 heteroatoms. The fourth-order valence-electron chi connectivity index (χ4n) is 2.88. The Balaban J connectivity index is 1.65. The number of morpholine rings is 1. The summed E-state index contributed by atoms with van der Waals surface area (Å²) in [6.07, 6.45) is -4.41. The van der Waals surface area contributed by atoms with Crippen molar-refractivity contribution in [3.63, 3.8) is 0 Å². The molecule has 1 aliphatic heterocycles. The zero-order chi connectivity index (χ0) is 18.6. The standard InChI is InChI=1S/C18H19F3N2O2S/c19-18(20,21)14-5-3-13(4-6-14)17(24)22-12-15(16-2-1-11-26-16)23-7-9-25-10-8-23/h1-6,11,15H,7-10,12H2,(H,22,24)/t15-/m0/s1. The predicted octanol–water partition coefficient (Wildman–Crippen LogP) is 3.57. The van der Waals surface area contributed by atoms with E-state index < -0.39 is 11.7 Å². The van der Waals surface area contributed by atoms with E-state index in [1.54, 1.807) is 11.3 Å². The number of rotatable bonds is 5. The van der Waals surface area contributed by atoms with Crippen LogP contribution in [0.5, 0.6) is 0 Å². The highest BCUT2D eigenvalue weighted by Gasteiger charge is 2.30. The number of hydrogen-bond donors (Lipinski definition) is 1. The largest absolute Gasteiger partial charge is 0.416 e. The minimum Gasteiger partial charge on any atom is -0.379 e. The molecule has 1 atom stereocenters. The van der Waals surface area contributed by atoms with Gasteiger partial charge in [-0.1, -0.05) is 6.07 Å². The van der Waals surface area contributed by atoms with E-state index in [4.69, 9.17) is 4.74 Å². The average Bonchev–Trinajstić information content (AvgIpc) is 3.16. The Hall–Kier alpha value is -1.90. The van der Waals surface area contributed by atoms with Crippen LogP contribution in [0.1, 0.15) is 26.8 Å². The third-order valence-electron chi connectivity index (χ3n) is 4.29. The second kappa shape index (κ2) is 8.20. The summed E-state index contributed by atoms with van der Waals surface area (Å²) in [5, 5.41) is 4.83. The molecule has 1 N–H and O–H groups in total. The number of hydrogen-bond acceptors (Lipinski definition) is 4. The molecule has 2 heterocycles. The van der Waals surface area contributed by atoms with E-state index in [0.717, 1.165) is 30.1 Å². The zero-order valence-electron chi connectivity index (χ0n) is 14.0. The Labute approximate surface area is 153 Å². The lowest BCUT2D eigenvalue weighted by Gasteiger charge is -2.34. The Morgan fingerprint density at radius 2 is 1.88 bits per heavy atom. The van der Waals surface area contributed by atoms with Gasteiger partial charge in [0.15, 0.2) is 0 Å².